The van der Waals surface area contributed by atoms with Gasteiger partial charge in [0.05, 0.1) is 17.7 Å². The number of halogens is 1. The molecule has 1 heterocycles. The zero-order valence-electron chi connectivity index (χ0n) is 12.1. The lowest BCUT2D eigenvalue weighted by Crippen LogP contribution is -2.42. The summed E-state index contributed by atoms with van der Waals surface area (Å²) in [6.45, 7) is 6.69. The Hall–Kier alpha value is -0.130. The van der Waals surface area contributed by atoms with Gasteiger partial charge in [0.15, 0.2) is 0 Å². The average molecular weight is 305 g/mol. The summed E-state index contributed by atoms with van der Waals surface area (Å²) in [6, 6.07) is 2.80. The van der Waals surface area contributed by atoms with Crippen LogP contribution in [0.2, 0.25) is 5.02 Å². The Bertz CT molecular complexity index is 355. The van der Waals surface area contributed by atoms with Gasteiger partial charge in [0.2, 0.25) is 0 Å². The van der Waals surface area contributed by atoms with Crippen molar-refractivity contribution in [1.82, 2.24) is 4.90 Å². The molecule has 2 N–H and O–H groups in total. The summed E-state index contributed by atoms with van der Waals surface area (Å²) in [5, 5.41) is 2.77. The van der Waals surface area contributed by atoms with E-state index in [0.29, 0.717) is 12.6 Å². The van der Waals surface area contributed by atoms with E-state index < -0.39 is 0 Å². The van der Waals surface area contributed by atoms with E-state index in [9.17, 15) is 0 Å². The molecule has 1 aromatic heterocycles. The quantitative estimate of drug-likeness (QED) is 0.758. The molecule has 0 aliphatic carbocycles. The fraction of sp³-hybridized carbons (Fsp3) is 0.714. The molecular weight excluding hydrogens is 280 g/mol. The molecule has 5 heteroatoms. The second-order valence-corrected chi connectivity index (χ2v) is 6.00. The van der Waals surface area contributed by atoms with E-state index in [1.165, 1.54) is 4.88 Å². The first-order chi connectivity index (χ1) is 9.17. The van der Waals surface area contributed by atoms with Crippen molar-refractivity contribution in [2.45, 2.75) is 38.8 Å². The maximum absolute atomic E-state index is 6.04. The second-order valence-electron chi connectivity index (χ2n) is 4.62. The Morgan fingerprint density at radius 2 is 2.11 bits per heavy atom. The standard InChI is InChI=1S/C14H25ClN2OS/c1-4-12(5-2)17(6-7-18-3)13(9-16)14-8-11(15)10-19-14/h8,10,12-13H,4-7,9,16H2,1-3H3. The van der Waals surface area contributed by atoms with E-state index in [1.54, 1.807) is 18.4 Å². The van der Waals surface area contributed by atoms with Gasteiger partial charge in [0, 0.05) is 36.5 Å². The first kappa shape index (κ1) is 16.9. The van der Waals surface area contributed by atoms with E-state index in [1.807, 2.05) is 11.4 Å². The topological polar surface area (TPSA) is 38.5 Å². The number of hydrogen-bond acceptors (Lipinski definition) is 4. The van der Waals surface area contributed by atoms with Gasteiger partial charge in [0.25, 0.3) is 0 Å². The van der Waals surface area contributed by atoms with Crippen molar-refractivity contribution in [2.75, 3.05) is 26.8 Å². The molecular formula is C14H25ClN2OS. The van der Waals surface area contributed by atoms with Crippen LogP contribution in [-0.2, 0) is 4.74 Å². The van der Waals surface area contributed by atoms with Crippen LogP contribution in [-0.4, -0.2) is 37.7 Å². The summed E-state index contributed by atoms with van der Waals surface area (Å²) < 4.78 is 5.24. The van der Waals surface area contributed by atoms with Crippen LogP contribution in [0.3, 0.4) is 0 Å². The Kier molecular flexibility index (Phi) is 7.95. The highest BCUT2D eigenvalue weighted by Gasteiger charge is 2.25. The molecule has 0 saturated carbocycles. The summed E-state index contributed by atoms with van der Waals surface area (Å²) in [5.74, 6) is 0. The molecule has 0 radical (unpaired) electrons. The highest BCUT2D eigenvalue weighted by atomic mass is 35.5. The monoisotopic (exact) mass is 304 g/mol. The molecule has 110 valence electrons. The fourth-order valence-corrected chi connectivity index (χ4v) is 3.68. The number of hydrogen-bond donors (Lipinski definition) is 1. The molecule has 1 atom stereocenters. The van der Waals surface area contributed by atoms with Crippen LogP contribution in [0.5, 0.6) is 0 Å². The first-order valence-corrected chi connectivity index (χ1v) is 8.12. The predicted octanol–water partition coefficient (Wildman–Crippen LogP) is 3.54. The molecule has 0 bridgehead atoms. The molecule has 0 aliphatic rings. The number of thiophene rings is 1. The number of rotatable bonds is 9. The number of ether oxygens (including phenoxy) is 1. The van der Waals surface area contributed by atoms with Crippen molar-refractivity contribution in [3.05, 3.63) is 21.3 Å². The van der Waals surface area contributed by atoms with Gasteiger partial charge in [-0.25, -0.2) is 0 Å². The summed E-state index contributed by atoms with van der Waals surface area (Å²) in [4.78, 5) is 3.71. The van der Waals surface area contributed by atoms with Crippen LogP contribution in [0.4, 0.5) is 0 Å². The van der Waals surface area contributed by atoms with E-state index >= 15 is 0 Å². The Balaban J connectivity index is 2.91. The average Bonchev–Trinajstić information content (AvgIpc) is 2.84. The largest absolute Gasteiger partial charge is 0.383 e. The van der Waals surface area contributed by atoms with E-state index in [-0.39, 0.29) is 6.04 Å². The van der Waals surface area contributed by atoms with Crippen LogP contribution in [0, 0.1) is 0 Å². The van der Waals surface area contributed by atoms with Gasteiger partial charge in [-0.2, -0.15) is 0 Å². The van der Waals surface area contributed by atoms with Crippen LogP contribution >= 0.6 is 22.9 Å². The highest BCUT2D eigenvalue weighted by Crippen LogP contribution is 2.31. The van der Waals surface area contributed by atoms with Gasteiger partial charge in [0.1, 0.15) is 0 Å². The maximum atomic E-state index is 6.04. The second kappa shape index (κ2) is 8.93. The van der Waals surface area contributed by atoms with Gasteiger partial charge in [-0.15, -0.1) is 11.3 Å². The zero-order chi connectivity index (χ0) is 14.3. The summed E-state index contributed by atoms with van der Waals surface area (Å²) in [6.07, 6.45) is 2.24. The van der Waals surface area contributed by atoms with Crippen molar-refractivity contribution in [2.24, 2.45) is 5.73 Å². The molecule has 0 fully saturated rings. The zero-order valence-corrected chi connectivity index (χ0v) is 13.6. The molecule has 0 aliphatic heterocycles. The number of methoxy groups -OCH3 is 1. The third-order valence-corrected chi connectivity index (χ3v) is 4.89. The van der Waals surface area contributed by atoms with E-state index in [2.05, 4.69) is 18.7 Å². The van der Waals surface area contributed by atoms with Crippen molar-refractivity contribution in [1.29, 1.82) is 0 Å². The fourth-order valence-electron chi connectivity index (χ4n) is 2.47. The third kappa shape index (κ3) is 4.72. The predicted molar refractivity (Wildman–Crippen MR) is 84.1 cm³/mol. The lowest BCUT2D eigenvalue weighted by atomic mass is 10.1. The van der Waals surface area contributed by atoms with Gasteiger partial charge in [-0.3, -0.25) is 4.90 Å². The molecule has 0 spiro atoms. The van der Waals surface area contributed by atoms with E-state index in [4.69, 9.17) is 22.1 Å². The Morgan fingerprint density at radius 1 is 1.42 bits per heavy atom. The Morgan fingerprint density at radius 3 is 2.53 bits per heavy atom. The highest BCUT2D eigenvalue weighted by molar-refractivity contribution is 7.10. The van der Waals surface area contributed by atoms with Gasteiger partial charge >= 0.3 is 0 Å². The number of nitrogens with zero attached hydrogens (tertiary/aromatic N) is 1. The van der Waals surface area contributed by atoms with Crippen LogP contribution in [0.25, 0.3) is 0 Å². The van der Waals surface area contributed by atoms with Crippen molar-refractivity contribution >= 4 is 22.9 Å². The lowest BCUT2D eigenvalue weighted by molar-refractivity contribution is 0.0830. The molecule has 0 amide bonds. The normalized spacial score (nSPS) is 13.4. The SMILES string of the molecule is CCC(CC)N(CCOC)C(CN)c1cc(Cl)cs1. The molecule has 1 rings (SSSR count). The summed E-state index contributed by atoms with van der Waals surface area (Å²) in [7, 11) is 1.74. The first-order valence-electron chi connectivity index (χ1n) is 6.86. The van der Waals surface area contributed by atoms with Crippen molar-refractivity contribution in [3.8, 4) is 0 Å². The van der Waals surface area contributed by atoms with Gasteiger partial charge < -0.3 is 10.5 Å². The molecule has 0 saturated heterocycles. The van der Waals surface area contributed by atoms with Crippen LogP contribution < -0.4 is 5.73 Å². The smallest absolute Gasteiger partial charge is 0.0590 e. The van der Waals surface area contributed by atoms with E-state index in [0.717, 1.165) is 31.0 Å². The minimum absolute atomic E-state index is 0.234. The van der Waals surface area contributed by atoms with Gasteiger partial charge in [-0.05, 0) is 18.9 Å². The van der Waals surface area contributed by atoms with Crippen LogP contribution in [0.1, 0.15) is 37.6 Å². The summed E-state index contributed by atoms with van der Waals surface area (Å²) >= 11 is 7.73. The minimum Gasteiger partial charge on any atom is -0.383 e. The molecule has 3 nitrogen and oxygen atoms in total. The molecule has 1 aromatic rings. The molecule has 0 aromatic carbocycles. The van der Waals surface area contributed by atoms with Crippen molar-refractivity contribution < 1.29 is 4.74 Å². The number of nitrogens with two attached hydrogens (primary N) is 1. The third-order valence-electron chi connectivity index (χ3n) is 3.50. The molecule has 1 unspecified atom stereocenters. The van der Waals surface area contributed by atoms with Gasteiger partial charge in [-0.1, -0.05) is 25.4 Å². The summed E-state index contributed by atoms with van der Waals surface area (Å²) in [5.41, 5.74) is 6.01. The lowest BCUT2D eigenvalue weighted by Gasteiger charge is -2.36. The Labute approximate surface area is 125 Å². The minimum atomic E-state index is 0.234. The molecule has 19 heavy (non-hydrogen) atoms. The van der Waals surface area contributed by atoms with Crippen molar-refractivity contribution in [3.63, 3.8) is 0 Å². The maximum Gasteiger partial charge on any atom is 0.0590 e. The van der Waals surface area contributed by atoms with Crippen LogP contribution in [0.15, 0.2) is 11.4 Å².